The fraction of sp³-hybridized carbons (Fsp3) is 0.375. The van der Waals surface area contributed by atoms with Gasteiger partial charge < -0.3 is 5.32 Å². The van der Waals surface area contributed by atoms with E-state index < -0.39 is 42.4 Å². The Morgan fingerprint density at radius 1 is 1.12 bits per heavy atom. The Bertz CT molecular complexity index is 704. The van der Waals surface area contributed by atoms with E-state index in [-0.39, 0.29) is 0 Å². The summed E-state index contributed by atoms with van der Waals surface area (Å²) < 4.78 is 0. The highest BCUT2D eigenvalue weighted by atomic mass is 35.5. The van der Waals surface area contributed by atoms with E-state index in [1.165, 1.54) is 0 Å². The van der Waals surface area contributed by atoms with Crippen LogP contribution in [0.1, 0.15) is 32.4 Å². The number of amides is 5. The quantitative estimate of drug-likeness (QED) is 0.646. The van der Waals surface area contributed by atoms with Crippen LogP contribution in [0.25, 0.3) is 0 Å². The summed E-state index contributed by atoms with van der Waals surface area (Å²) in [5, 5.41) is 3.16. The number of benzene rings is 1. The number of halogens is 1. The predicted octanol–water partition coefficient (Wildman–Crippen LogP) is 1.72. The Hall–Kier alpha value is -2.41. The lowest BCUT2D eigenvalue weighted by molar-refractivity contribution is -0.144. The molecule has 7 nitrogen and oxygen atoms in total. The molecule has 0 bridgehead atoms. The number of nitrogens with one attached hydrogen (secondary N) is 1. The minimum Gasteiger partial charge on any atom is -0.348 e. The van der Waals surface area contributed by atoms with Crippen molar-refractivity contribution in [3.63, 3.8) is 0 Å². The summed E-state index contributed by atoms with van der Waals surface area (Å²) in [6.45, 7) is 4.46. The molecule has 1 atom stereocenters. The summed E-state index contributed by atoms with van der Waals surface area (Å²) >= 11 is 6.07. The van der Waals surface area contributed by atoms with E-state index in [0.717, 1.165) is 4.90 Å². The van der Waals surface area contributed by atoms with Gasteiger partial charge in [0.05, 0.1) is 6.04 Å². The Morgan fingerprint density at radius 2 is 1.75 bits per heavy atom. The second-order valence-electron chi connectivity index (χ2n) is 5.75. The third-order valence-corrected chi connectivity index (χ3v) is 4.00. The molecule has 1 aromatic rings. The van der Waals surface area contributed by atoms with Gasteiger partial charge in [-0.25, -0.2) is 9.69 Å². The topological polar surface area (TPSA) is 86.8 Å². The first kappa shape index (κ1) is 17.9. The molecule has 1 aliphatic heterocycles. The molecule has 128 valence electrons. The van der Waals surface area contributed by atoms with Gasteiger partial charge in [0.15, 0.2) is 0 Å². The zero-order valence-corrected chi connectivity index (χ0v) is 14.3. The summed E-state index contributed by atoms with van der Waals surface area (Å²) in [4.78, 5) is 49.4. The average molecular weight is 352 g/mol. The van der Waals surface area contributed by atoms with Crippen molar-refractivity contribution >= 4 is 35.4 Å². The van der Waals surface area contributed by atoms with Crippen LogP contribution in [-0.4, -0.2) is 46.1 Å². The molecular formula is C16H18ClN3O4. The molecule has 0 aliphatic carbocycles. The van der Waals surface area contributed by atoms with Gasteiger partial charge in [-0.1, -0.05) is 29.8 Å². The van der Waals surface area contributed by atoms with Gasteiger partial charge in [-0.3, -0.25) is 19.3 Å². The number of carbonyl (C=O) groups is 4. The maximum atomic E-state index is 12.1. The number of urea groups is 1. The van der Waals surface area contributed by atoms with Crippen LogP contribution in [0.4, 0.5) is 4.79 Å². The third kappa shape index (κ3) is 3.41. The van der Waals surface area contributed by atoms with E-state index in [0.29, 0.717) is 15.5 Å². The maximum Gasteiger partial charge on any atom is 0.334 e. The van der Waals surface area contributed by atoms with Crippen molar-refractivity contribution in [3.8, 4) is 0 Å². The van der Waals surface area contributed by atoms with Crippen molar-refractivity contribution in [2.24, 2.45) is 0 Å². The fourth-order valence-corrected chi connectivity index (χ4v) is 2.75. The van der Waals surface area contributed by atoms with Crippen molar-refractivity contribution in [3.05, 3.63) is 34.9 Å². The van der Waals surface area contributed by atoms with Crippen molar-refractivity contribution in [1.82, 2.24) is 15.1 Å². The molecule has 0 spiro atoms. The molecule has 1 aliphatic rings. The highest BCUT2D eigenvalue weighted by Crippen LogP contribution is 2.22. The average Bonchev–Trinajstić information content (AvgIpc) is 2.71. The molecule has 0 unspecified atom stereocenters. The molecule has 24 heavy (non-hydrogen) atoms. The van der Waals surface area contributed by atoms with Crippen LogP contribution in [0.15, 0.2) is 24.3 Å². The molecule has 5 amide bonds. The lowest BCUT2D eigenvalue weighted by Gasteiger charge is -2.20. The lowest BCUT2D eigenvalue weighted by atomic mass is 10.1. The van der Waals surface area contributed by atoms with Crippen LogP contribution in [-0.2, 0) is 14.4 Å². The molecule has 1 N–H and O–H groups in total. The van der Waals surface area contributed by atoms with Gasteiger partial charge >= 0.3 is 17.8 Å². The number of carbonyl (C=O) groups excluding carboxylic acids is 4. The standard InChI is InChI=1S/C16H18ClN3O4/c1-9(2)20-15(23)14(22)19(16(20)24)8-13(21)18-10(3)11-6-4-5-7-12(11)17/h4-7,9-10H,8H2,1-3H3,(H,18,21)/t10-/m1/s1. The first-order valence-electron chi connectivity index (χ1n) is 7.46. The molecular weight excluding hydrogens is 334 g/mol. The molecule has 0 aromatic heterocycles. The van der Waals surface area contributed by atoms with Crippen LogP contribution >= 0.6 is 11.6 Å². The van der Waals surface area contributed by atoms with Crippen molar-refractivity contribution in [2.45, 2.75) is 32.9 Å². The van der Waals surface area contributed by atoms with E-state index in [9.17, 15) is 19.2 Å². The van der Waals surface area contributed by atoms with Gasteiger partial charge in [-0.2, -0.15) is 0 Å². The summed E-state index contributed by atoms with van der Waals surface area (Å²) in [7, 11) is 0. The molecule has 1 aromatic carbocycles. The van der Waals surface area contributed by atoms with Gasteiger partial charge in [0.2, 0.25) is 5.91 Å². The Balaban J connectivity index is 2.05. The molecule has 0 radical (unpaired) electrons. The van der Waals surface area contributed by atoms with Gasteiger partial charge in [0.25, 0.3) is 0 Å². The van der Waals surface area contributed by atoms with Gasteiger partial charge in [-0.05, 0) is 32.4 Å². The Kier molecular flexibility index (Phi) is 5.23. The minimum atomic E-state index is -0.991. The number of imide groups is 2. The summed E-state index contributed by atoms with van der Waals surface area (Å²) in [6, 6.07) is 5.39. The normalized spacial score (nSPS) is 16.1. The molecule has 1 heterocycles. The molecule has 0 saturated carbocycles. The summed E-state index contributed by atoms with van der Waals surface area (Å²) in [5.74, 6) is -2.46. The van der Waals surface area contributed by atoms with Crippen LogP contribution in [0.2, 0.25) is 5.02 Å². The molecule has 2 rings (SSSR count). The van der Waals surface area contributed by atoms with Crippen molar-refractivity contribution < 1.29 is 19.2 Å². The molecule has 1 saturated heterocycles. The van der Waals surface area contributed by atoms with E-state index in [2.05, 4.69) is 5.32 Å². The first-order valence-corrected chi connectivity index (χ1v) is 7.84. The number of rotatable bonds is 5. The van der Waals surface area contributed by atoms with Crippen LogP contribution in [0, 0.1) is 0 Å². The summed E-state index contributed by atoms with van der Waals surface area (Å²) in [6.07, 6.45) is 0. The zero-order chi connectivity index (χ0) is 18.0. The van der Waals surface area contributed by atoms with E-state index in [1.807, 2.05) is 0 Å². The van der Waals surface area contributed by atoms with Gasteiger partial charge in [0.1, 0.15) is 6.54 Å². The van der Waals surface area contributed by atoms with Gasteiger partial charge in [0, 0.05) is 11.1 Å². The van der Waals surface area contributed by atoms with E-state index in [1.54, 1.807) is 45.0 Å². The van der Waals surface area contributed by atoms with Crippen LogP contribution < -0.4 is 5.32 Å². The maximum absolute atomic E-state index is 12.1. The highest BCUT2D eigenvalue weighted by Gasteiger charge is 2.46. The number of nitrogens with zero attached hydrogens (tertiary/aromatic N) is 2. The summed E-state index contributed by atoms with van der Waals surface area (Å²) in [5.41, 5.74) is 0.714. The highest BCUT2D eigenvalue weighted by molar-refractivity contribution is 6.45. The van der Waals surface area contributed by atoms with Gasteiger partial charge in [-0.15, -0.1) is 0 Å². The minimum absolute atomic E-state index is 0.407. The monoisotopic (exact) mass is 351 g/mol. The van der Waals surface area contributed by atoms with Crippen LogP contribution in [0.3, 0.4) is 0 Å². The zero-order valence-electron chi connectivity index (χ0n) is 13.6. The van der Waals surface area contributed by atoms with E-state index >= 15 is 0 Å². The predicted molar refractivity (Wildman–Crippen MR) is 87.1 cm³/mol. The fourth-order valence-electron chi connectivity index (χ4n) is 2.45. The Morgan fingerprint density at radius 3 is 2.29 bits per heavy atom. The second kappa shape index (κ2) is 7.00. The van der Waals surface area contributed by atoms with Crippen molar-refractivity contribution in [2.75, 3.05) is 6.54 Å². The third-order valence-electron chi connectivity index (χ3n) is 3.65. The molecule has 1 fully saturated rings. The second-order valence-corrected chi connectivity index (χ2v) is 6.16. The smallest absolute Gasteiger partial charge is 0.334 e. The number of hydrogen-bond donors (Lipinski definition) is 1. The largest absolute Gasteiger partial charge is 0.348 e. The Labute approximate surface area is 144 Å². The van der Waals surface area contributed by atoms with Crippen LogP contribution in [0.5, 0.6) is 0 Å². The molecule has 8 heteroatoms. The lowest BCUT2D eigenvalue weighted by Crippen LogP contribution is -2.43. The number of hydrogen-bond acceptors (Lipinski definition) is 4. The first-order chi connectivity index (χ1) is 11.2. The van der Waals surface area contributed by atoms with E-state index in [4.69, 9.17) is 11.6 Å². The van der Waals surface area contributed by atoms with Crippen molar-refractivity contribution in [1.29, 1.82) is 0 Å². The SMILES string of the molecule is CC(C)N1C(=O)C(=O)N(CC(=O)N[C@H](C)c2ccccc2Cl)C1=O.